The van der Waals surface area contributed by atoms with Gasteiger partial charge in [0.1, 0.15) is 5.82 Å². The molecule has 0 saturated carbocycles. The molecule has 124 valence electrons. The van der Waals surface area contributed by atoms with E-state index < -0.39 is 0 Å². The third-order valence-corrected chi connectivity index (χ3v) is 5.25. The van der Waals surface area contributed by atoms with E-state index in [1.807, 2.05) is 22.4 Å². The Balaban J connectivity index is 1.79. The first-order valence-electron chi connectivity index (χ1n) is 7.83. The maximum Gasteiger partial charge on any atom is 0.259 e. The van der Waals surface area contributed by atoms with Crippen LogP contribution in [0, 0.1) is 5.82 Å². The number of nitrogens with one attached hydrogen (secondary N) is 1. The molecule has 0 aliphatic carbocycles. The average molecular weight is 344 g/mol. The number of piperazine rings is 1. The summed E-state index contributed by atoms with van der Waals surface area (Å²) in [5.41, 5.74) is 0.628. The molecular formula is C17H17FN4OS. The second kappa shape index (κ2) is 5.99. The van der Waals surface area contributed by atoms with Crippen LogP contribution in [0.25, 0.3) is 21.6 Å². The van der Waals surface area contributed by atoms with Gasteiger partial charge in [-0.3, -0.25) is 4.79 Å². The number of H-pyrrole nitrogens is 1. The van der Waals surface area contributed by atoms with Crippen LogP contribution in [-0.4, -0.2) is 48.1 Å². The molecule has 3 heterocycles. The van der Waals surface area contributed by atoms with Crippen molar-refractivity contribution in [3.63, 3.8) is 0 Å². The zero-order valence-corrected chi connectivity index (χ0v) is 14.1. The lowest BCUT2D eigenvalue weighted by Gasteiger charge is -2.34. The molecule has 1 N–H and O–H groups in total. The van der Waals surface area contributed by atoms with Gasteiger partial charge in [-0.1, -0.05) is 6.07 Å². The Labute approximate surface area is 142 Å². The van der Waals surface area contributed by atoms with Crippen LogP contribution in [-0.2, 0) is 0 Å². The Morgan fingerprint density at radius 2 is 2.04 bits per heavy atom. The SMILES string of the molecule is CN1CCN(c2cc3c(=O)[nH]c(-c4cccs4)nc3cc2F)CC1. The van der Waals surface area contributed by atoms with Crippen molar-refractivity contribution in [2.75, 3.05) is 38.1 Å². The number of thiophene rings is 1. The lowest BCUT2D eigenvalue weighted by molar-refractivity contribution is 0.312. The molecule has 0 unspecified atom stereocenters. The lowest BCUT2D eigenvalue weighted by atomic mass is 10.1. The van der Waals surface area contributed by atoms with Crippen LogP contribution in [0.4, 0.5) is 10.1 Å². The van der Waals surface area contributed by atoms with Crippen LogP contribution in [0.1, 0.15) is 0 Å². The predicted octanol–water partition coefficient (Wildman–Crippen LogP) is 2.54. The Hall–Kier alpha value is -2.25. The van der Waals surface area contributed by atoms with Gasteiger partial charge in [0.05, 0.1) is 21.5 Å². The van der Waals surface area contributed by atoms with Gasteiger partial charge in [0.25, 0.3) is 5.56 Å². The van der Waals surface area contributed by atoms with Crippen molar-refractivity contribution >= 4 is 27.9 Å². The van der Waals surface area contributed by atoms with Crippen molar-refractivity contribution in [1.29, 1.82) is 0 Å². The van der Waals surface area contributed by atoms with Gasteiger partial charge in [0.15, 0.2) is 5.82 Å². The molecule has 3 aromatic rings. The molecule has 1 fully saturated rings. The minimum absolute atomic E-state index is 0.237. The first-order chi connectivity index (χ1) is 11.6. The number of fused-ring (bicyclic) bond motifs is 1. The first kappa shape index (κ1) is 15.3. The molecule has 0 amide bonds. The fourth-order valence-corrected chi connectivity index (χ4v) is 3.64. The Morgan fingerprint density at radius 3 is 2.75 bits per heavy atom. The number of halogens is 1. The molecule has 0 spiro atoms. The summed E-state index contributed by atoms with van der Waals surface area (Å²) in [5.74, 6) is 0.150. The van der Waals surface area contributed by atoms with E-state index >= 15 is 0 Å². The van der Waals surface area contributed by atoms with Crippen LogP contribution < -0.4 is 10.5 Å². The molecule has 1 saturated heterocycles. The number of rotatable bonds is 2. The topological polar surface area (TPSA) is 52.2 Å². The van der Waals surface area contributed by atoms with E-state index in [2.05, 4.69) is 21.9 Å². The number of hydrogen-bond acceptors (Lipinski definition) is 5. The molecule has 5 nitrogen and oxygen atoms in total. The van der Waals surface area contributed by atoms with E-state index in [-0.39, 0.29) is 11.4 Å². The molecule has 2 aromatic heterocycles. The van der Waals surface area contributed by atoms with Crippen molar-refractivity contribution in [3.05, 3.63) is 45.8 Å². The number of benzene rings is 1. The molecule has 0 atom stereocenters. The van der Waals surface area contributed by atoms with Crippen molar-refractivity contribution in [2.24, 2.45) is 0 Å². The Bertz CT molecular complexity index is 930. The highest BCUT2D eigenvalue weighted by molar-refractivity contribution is 7.13. The quantitative estimate of drug-likeness (QED) is 0.776. The molecule has 24 heavy (non-hydrogen) atoms. The standard InChI is InChI=1S/C17H17FN4OS/c1-21-4-6-22(7-5-21)14-9-11-13(10-12(14)18)19-16(20-17(11)23)15-3-2-8-24-15/h2-3,8-10H,4-7H2,1H3,(H,19,20,23). The zero-order chi connectivity index (χ0) is 16.7. The maximum atomic E-state index is 14.6. The highest BCUT2D eigenvalue weighted by atomic mass is 32.1. The summed E-state index contributed by atoms with van der Waals surface area (Å²) in [5, 5.41) is 2.34. The van der Waals surface area contributed by atoms with Gasteiger partial charge < -0.3 is 14.8 Å². The number of nitrogens with zero attached hydrogens (tertiary/aromatic N) is 3. The van der Waals surface area contributed by atoms with Gasteiger partial charge >= 0.3 is 0 Å². The van der Waals surface area contributed by atoms with Gasteiger partial charge in [0, 0.05) is 32.2 Å². The van der Waals surface area contributed by atoms with E-state index in [1.54, 1.807) is 6.07 Å². The van der Waals surface area contributed by atoms with Crippen LogP contribution in [0.15, 0.2) is 34.4 Å². The molecule has 0 radical (unpaired) electrons. The highest BCUT2D eigenvalue weighted by Gasteiger charge is 2.19. The molecule has 1 aliphatic heterocycles. The van der Waals surface area contributed by atoms with Crippen molar-refractivity contribution in [3.8, 4) is 10.7 Å². The lowest BCUT2D eigenvalue weighted by Crippen LogP contribution is -2.44. The number of aromatic amines is 1. The molecule has 7 heteroatoms. The highest BCUT2D eigenvalue weighted by Crippen LogP contribution is 2.26. The third kappa shape index (κ3) is 2.70. The summed E-state index contributed by atoms with van der Waals surface area (Å²) in [6.45, 7) is 3.25. The molecule has 1 aromatic carbocycles. The van der Waals surface area contributed by atoms with Crippen LogP contribution in [0.2, 0.25) is 0 Å². The van der Waals surface area contributed by atoms with Gasteiger partial charge in [-0.25, -0.2) is 9.37 Å². The summed E-state index contributed by atoms with van der Waals surface area (Å²) in [7, 11) is 2.05. The van der Waals surface area contributed by atoms with Crippen molar-refractivity contribution in [2.45, 2.75) is 0 Å². The van der Waals surface area contributed by atoms with Crippen molar-refractivity contribution < 1.29 is 4.39 Å². The molecule has 1 aliphatic rings. The summed E-state index contributed by atoms with van der Waals surface area (Å²) in [6.07, 6.45) is 0. The summed E-state index contributed by atoms with van der Waals surface area (Å²) < 4.78 is 14.6. The summed E-state index contributed by atoms with van der Waals surface area (Å²) >= 11 is 1.48. The van der Waals surface area contributed by atoms with E-state index in [9.17, 15) is 9.18 Å². The van der Waals surface area contributed by atoms with Crippen molar-refractivity contribution in [1.82, 2.24) is 14.9 Å². The summed E-state index contributed by atoms with van der Waals surface area (Å²) in [6, 6.07) is 6.76. The average Bonchev–Trinajstić information content (AvgIpc) is 3.10. The smallest absolute Gasteiger partial charge is 0.259 e. The third-order valence-electron chi connectivity index (χ3n) is 4.37. The summed E-state index contributed by atoms with van der Waals surface area (Å²) in [4.78, 5) is 24.7. The minimum Gasteiger partial charge on any atom is -0.367 e. The van der Waals surface area contributed by atoms with E-state index in [4.69, 9.17) is 0 Å². The molecule has 0 bridgehead atoms. The Kier molecular flexibility index (Phi) is 3.82. The fraction of sp³-hybridized carbons (Fsp3) is 0.294. The predicted molar refractivity (Wildman–Crippen MR) is 95.3 cm³/mol. The minimum atomic E-state index is -0.331. The van der Waals surface area contributed by atoms with Gasteiger partial charge in [-0.05, 0) is 24.6 Å². The van der Waals surface area contributed by atoms with Crippen LogP contribution in [0.5, 0.6) is 0 Å². The number of anilines is 1. The number of aromatic nitrogens is 2. The normalized spacial score (nSPS) is 16.0. The number of likely N-dealkylation sites (N-methyl/N-ethyl adjacent to an activating group) is 1. The van der Waals surface area contributed by atoms with Gasteiger partial charge in [-0.15, -0.1) is 11.3 Å². The maximum absolute atomic E-state index is 14.6. The molecular weight excluding hydrogens is 327 g/mol. The fourth-order valence-electron chi connectivity index (χ4n) is 2.97. The second-order valence-corrected chi connectivity index (χ2v) is 6.95. The first-order valence-corrected chi connectivity index (χ1v) is 8.71. The van der Waals surface area contributed by atoms with Gasteiger partial charge in [0.2, 0.25) is 0 Å². The van der Waals surface area contributed by atoms with Crippen LogP contribution in [0.3, 0.4) is 0 Å². The van der Waals surface area contributed by atoms with Gasteiger partial charge in [-0.2, -0.15) is 0 Å². The monoisotopic (exact) mass is 344 g/mol. The van der Waals surface area contributed by atoms with E-state index in [0.29, 0.717) is 22.4 Å². The van der Waals surface area contributed by atoms with E-state index in [1.165, 1.54) is 17.4 Å². The van der Waals surface area contributed by atoms with Crippen LogP contribution >= 0.6 is 11.3 Å². The molecule has 4 rings (SSSR count). The largest absolute Gasteiger partial charge is 0.367 e. The number of hydrogen-bond donors (Lipinski definition) is 1. The van der Waals surface area contributed by atoms with E-state index in [0.717, 1.165) is 31.1 Å². The Morgan fingerprint density at radius 1 is 1.25 bits per heavy atom. The zero-order valence-electron chi connectivity index (χ0n) is 13.3. The second-order valence-electron chi connectivity index (χ2n) is 6.00.